The average Bonchev–Trinajstić information content (AvgIpc) is 3.19. The standard InChI is InChI=1S/C27H39N5O6S/c1-5-7-20-22(18-37-4)30(3)25-24(20)28-26(29-27(25)34)21-17-19(8-9-23(21)38-16-6-2)39(35,36)32-12-10-31(11-13-32)14-15-33/h8-9,17,33H,5-7,10-16,18H2,1-4H3,(H,28,29,34). The molecular formula is C27H39N5O6S. The molecule has 0 saturated carbocycles. The fourth-order valence-electron chi connectivity index (χ4n) is 5.10. The number of hydrogen-bond donors (Lipinski definition) is 2. The Labute approximate surface area is 229 Å². The number of benzene rings is 1. The molecule has 2 aromatic heterocycles. The highest BCUT2D eigenvalue weighted by Gasteiger charge is 2.30. The summed E-state index contributed by atoms with van der Waals surface area (Å²) in [5.74, 6) is 0.714. The zero-order chi connectivity index (χ0) is 28.2. The van der Waals surface area contributed by atoms with Crippen LogP contribution in [0.3, 0.4) is 0 Å². The Bertz CT molecular complexity index is 1460. The lowest BCUT2D eigenvalue weighted by atomic mass is 10.1. The van der Waals surface area contributed by atoms with Crippen molar-refractivity contribution in [1.82, 2.24) is 23.7 Å². The van der Waals surface area contributed by atoms with Crippen LogP contribution in [0.5, 0.6) is 5.75 Å². The summed E-state index contributed by atoms with van der Waals surface area (Å²) in [5.41, 5.74) is 2.98. The number of methoxy groups -OCH3 is 1. The molecule has 11 nitrogen and oxygen atoms in total. The van der Waals surface area contributed by atoms with Crippen LogP contribution in [0.25, 0.3) is 22.4 Å². The van der Waals surface area contributed by atoms with E-state index in [9.17, 15) is 18.3 Å². The van der Waals surface area contributed by atoms with Crippen molar-refractivity contribution in [2.45, 2.75) is 44.6 Å². The molecule has 4 rings (SSSR count). The van der Waals surface area contributed by atoms with E-state index in [0.29, 0.717) is 68.3 Å². The monoisotopic (exact) mass is 561 g/mol. The molecule has 0 spiro atoms. The first-order chi connectivity index (χ1) is 18.8. The van der Waals surface area contributed by atoms with Crippen molar-refractivity contribution in [2.24, 2.45) is 7.05 Å². The van der Waals surface area contributed by atoms with Gasteiger partial charge in [0.1, 0.15) is 17.1 Å². The molecule has 0 amide bonds. The molecule has 214 valence electrons. The molecule has 39 heavy (non-hydrogen) atoms. The summed E-state index contributed by atoms with van der Waals surface area (Å²) < 4.78 is 41.9. The second-order valence-corrected chi connectivity index (χ2v) is 11.7. The van der Waals surface area contributed by atoms with Gasteiger partial charge in [0.25, 0.3) is 5.56 Å². The van der Waals surface area contributed by atoms with Crippen LogP contribution in [0.1, 0.15) is 37.9 Å². The van der Waals surface area contributed by atoms with Crippen molar-refractivity contribution >= 4 is 21.1 Å². The van der Waals surface area contributed by atoms with E-state index in [0.717, 1.165) is 30.5 Å². The quantitative estimate of drug-likeness (QED) is 0.344. The molecular weight excluding hydrogens is 522 g/mol. The maximum Gasteiger partial charge on any atom is 0.275 e. The van der Waals surface area contributed by atoms with Crippen LogP contribution in [0.15, 0.2) is 27.9 Å². The number of aromatic nitrogens is 3. The molecule has 0 unspecified atom stereocenters. The van der Waals surface area contributed by atoms with Gasteiger partial charge >= 0.3 is 0 Å². The molecule has 3 aromatic rings. The van der Waals surface area contributed by atoms with Gasteiger partial charge in [-0.3, -0.25) is 9.69 Å². The maximum atomic E-state index is 13.6. The minimum atomic E-state index is -3.80. The molecule has 1 fully saturated rings. The number of aliphatic hydroxyl groups excluding tert-OH is 1. The van der Waals surface area contributed by atoms with Gasteiger partial charge in [-0.1, -0.05) is 20.3 Å². The number of rotatable bonds is 12. The number of sulfonamides is 1. The Hall–Kier alpha value is -2.77. The molecule has 12 heteroatoms. The number of aryl methyl sites for hydroxylation is 2. The molecule has 1 aliphatic heterocycles. The second kappa shape index (κ2) is 12.6. The van der Waals surface area contributed by atoms with Crippen LogP contribution in [0, 0.1) is 0 Å². The number of aromatic amines is 1. The van der Waals surface area contributed by atoms with E-state index in [1.807, 2.05) is 23.4 Å². The number of H-pyrrole nitrogens is 1. The number of β-amino-alcohol motifs (C(OH)–C–C–N with tert-alkyl or cyclic N) is 1. The third kappa shape index (κ3) is 5.90. The molecule has 0 aliphatic carbocycles. The van der Waals surface area contributed by atoms with Gasteiger partial charge in [-0.05, 0) is 31.0 Å². The summed E-state index contributed by atoms with van der Waals surface area (Å²) in [4.78, 5) is 23.3. The van der Waals surface area contributed by atoms with Gasteiger partial charge in [0.05, 0.1) is 35.8 Å². The lowest BCUT2D eigenvalue weighted by Gasteiger charge is -2.33. The summed E-state index contributed by atoms with van der Waals surface area (Å²) in [5, 5.41) is 9.20. The van der Waals surface area contributed by atoms with Crippen LogP contribution in [0.4, 0.5) is 0 Å². The van der Waals surface area contributed by atoms with Crippen LogP contribution < -0.4 is 10.3 Å². The molecule has 2 N–H and O–H groups in total. The van der Waals surface area contributed by atoms with E-state index in [1.165, 1.54) is 4.31 Å². The molecule has 1 aliphatic rings. The predicted molar refractivity (Wildman–Crippen MR) is 150 cm³/mol. The highest BCUT2D eigenvalue weighted by molar-refractivity contribution is 7.89. The Morgan fingerprint density at radius 2 is 1.87 bits per heavy atom. The van der Waals surface area contributed by atoms with E-state index in [4.69, 9.17) is 14.5 Å². The summed E-state index contributed by atoms with van der Waals surface area (Å²) >= 11 is 0. The number of hydrogen-bond acceptors (Lipinski definition) is 8. The smallest absolute Gasteiger partial charge is 0.275 e. The molecule has 3 heterocycles. The Morgan fingerprint density at radius 3 is 2.51 bits per heavy atom. The fourth-order valence-corrected chi connectivity index (χ4v) is 6.55. The van der Waals surface area contributed by atoms with Gasteiger partial charge < -0.3 is 24.1 Å². The van der Waals surface area contributed by atoms with Crippen molar-refractivity contribution in [3.05, 3.63) is 39.8 Å². The third-order valence-electron chi connectivity index (χ3n) is 7.10. The highest BCUT2D eigenvalue weighted by atomic mass is 32.2. The molecule has 0 atom stereocenters. The summed E-state index contributed by atoms with van der Waals surface area (Å²) in [6, 6.07) is 4.73. The van der Waals surface area contributed by atoms with Gasteiger partial charge in [-0.25, -0.2) is 13.4 Å². The zero-order valence-electron chi connectivity index (χ0n) is 23.2. The number of nitrogens with zero attached hydrogens (tertiary/aromatic N) is 4. The molecule has 1 saturated heterocycles. The zero-order valence-corrected chi connectivity index (χ0v) is 24.0. The van der Waals surface area contributed by atoms with Gasteiger partial charge in [0.2, 0.25) is 10.0 Å². The van der Waals surface area contributed by atoms with E-state index in [2.05, 4.69) is 11.9 Å². The normalized spacial score (nSPS) is 15.3. The highest BCUT2D eigenvalue weighted by Crippen LogP contribution is 2.33. The lowest BCUT2D eigenvalue weighted by molar-refractivity contribution is 0.151. The first-order valence-corrected chi connectivity index (χ1v) is 14.9. The van der Waals surface area contributed by atoms with Crippen LogP contribution >= 0.6 is 0 Å². The molecule has 0 bridgehead atoms. The number of piperazine rings is 1. The third-order valence-corrected chi connectivity index (χ3v) is 9.00. The minimum Gasteiger partial charge on any atom is -0.493 e. The Balaban J connectivity index is 1.82. The summed E-state index contributed by atoms with van der Waals surface area (Å²) in [7, 11) is -0.353. The van der Waals surface area contributed by atoms with E-state index in [1.54, 1.807) is 25.3 Å². The predicted octanol–water partition coefficient (Wildman–Crippen LogP) is 2.11. The number of ether oxygens (including phenoxy) is 2. The Morgan fingerprint density at radius 1 is 1.13 bits per heavy atom. The lowest BCUT2D eigenvalue weighted by Crippen LogP contribution is -2.49. The van der Waals surface area contributed by atoms with Crippen molar-refractivity contribution in [3.8, 4) is 17.1 Å². The van der Waals surface area contributed by atoms with Crippen molar-refractivity contribution in [1.29, 1.82) is 0 Å². The average molecular weight is 562 g/mol. The topological polar surface area (TPSA) is 130 Å². The van der Waals surface area contributed by atoms with Crippen molar-refractivity contribution in [2.75, 3.05) is 53.0 Å². The van der Waals surface area contributed by atoms with Gasteiger partial charge in [-0.15, -0.1) is 0 Å². The first-order valence-electron chi connectivity index (χ1n) is 13.5. The van der Waals surface area contributed by atoms with Crippen LogP contribution in [-0.2, 0) is 34.8 Å². The van der Waals surface area contributed by atoms with E-state index < -0.39 is 10.0 Å². The second-order valence-electron chi connectivity index (χ2n) is 9.75. The van der Waals surface area contributed by atoms with Crippen LogP contribution in [-0.4, -0.2) is 90.3 Å². The van der Waals surface area contributed by atoms with E-state index in [-0.39, 0.29) is 22.9 Å². The van der Waals surface area contributed by atoms with Gasteiger partial charge in [0.15, 0.2) is 0 Å². The van der Waals surface area contributed by atoms with E-state index >= 15 is 0 Å². The molecule has 0 radical (unpaired) electrons. The SMILES string of the molecule is CCCOc1ccc(S(=O)(=O)N2CCN(CCO)CC2)cc1-c1nc2c(CCC)c(COC)n(C)c2c(=O)[nH]1. The van der Waals surface area contributed by atoms with Gasteiger partial charge in [-0.2, -0.15) is 4.31 Å². The minimum absolute atomic E-state index is 0.0409. The van der Waals surface area contributed by atoms with Crippen molar-refractivity contribution in [3.63, 3.8) is 0 Å². The maximum absolute atomic E-state index is 13.6. The Kier molecular flexibility index (Phi) is 9.44. The number of fused-ring (bicyclic) bond motifs is 1. The largest absolute Gasteiger partial charge is 0.493 e. The summed E-state index contributed by atoms with van der Waals surface area (Å²) in [6.45, 7) is 7.16. The van der Waals surface area contributed by atoms with Crippen LogP contribution in [0.2, 0.25) is 0 Å². The number of nitrogens with one attached hydrogen (secondary N) is 1. The first kappa shape index (κ1) is 29.2. The van der Waals surface area contributed by atoms with Crippen molar-refractivity contribution < 1.29 is 23.0 Å². The summed E-state index contributed by atoms with van der Waals surface area (Å²) in [6.07, 6.45) is 2.35. The fraction of sp³-hybridized carbons (Fsp3) is 0.556. The van der Waals surface area contributed by atoms with Gasteiger partial charge in [0, 0.05) is 58.1 Å². The number of aliphatic hydroxyl groups is 1. The molecule has 1 aromatic carbocycles.